The number of aromatic nitrogens is 2. The maximum atomic E-state index is 12.8. The van der Waals surface area contributed by atoms with E-state index in [0.717, 1.165) is 6.26 Å². The van der Waals surface area contributed by atoms with E-state index in [-0.39, 0.29) is 18.5 Å². The van der Waals surface area contributed by atoms with Gasteiger partial charge < -0.3 is 5.11 Å². The first kappa shape index (κ1) is 16.6. The molecule has 2 aliphatic heterocycles. The number of hydrogen-bond donors (Lipinski definition) is 1. The second-order valence-electron chi connectivity index (χ2n) is 6.21. The maximum Gasteiger partial charge on any atom is 0.336 e. The molecule has 2 aliphatic rings. The molecule has 2 bridgehead atoms. The van der Waals surface area contributed by atoms with Crippen molar-refractivity contribution in [1.29, 1.82) is 5.26 Å². The second-order valence-corrected chi connectivity index (χ2v) is 9.31. The smallest absolute Gasteiger partial charge is 0.336 e. The van der Waals surface area contributed by atoms with Crippen LogP contribution >= 0.6 is 22.6 Å². The summed E-state index contributed by atoms with van der Waals surface area (Å²) in [5, 5.41) is 19.7. The number of nitrogens with zero attached hydrogens (tertiary/aromatic N) is 4. The molecule has 4 rings (SSSR count). The van der Waals surface area contributed by atoms with Crippen LogP contribution in [0, 0.1) is 14.9 Å². The lowest BCUT2D eigenvalue weighted by atomic mass is 10.2. The van der Waals surface area contributed by atoms with Gasteiger partial charge in [0.15, 0.2) is 0 Å². The van der Waals surface area contributed by atoms with E-state index in [9.17, 15) is 18.3 Å². The normalized spacial score (nSPS) is 22.1. The Morgan fingerprint density at radius 1 is 1.40 bits per heavy atom. The van der Waals surface area contributed by atoms with E-state index >= 15 is 0 Å². The van der Waals surface area contributed by atoms with E-state index in [1.165, 1.54) is 13.4 Å². The van der Waals surface area contributed by atoms with Gasteiger partial charge in [-0.3, -0.25) is 4.57 Å². The summed E-state index contributed by atoms with van der Waals surface area (Å²) in [5.74, 6) is -0.244. The van der Waals surface area contributed by atoms with Gasteiger partial charge in [-0.1, -0.05) is 0 Å². The SMILES string of the molecule is CS(=O)(=O)N1C[C@@H]2C[C@H]1c1c(O)n(-c3ccc(C#N)c(I)c3)c(=O)n12. The zero-order valence-electron chi connectivity index (χ0n) is 13.0. The molecule has 1 aromatic heterocycles. The van der Waals surface area contributed by atoms with Gasteiger partial charge in [-0.2, -0.15) is 9.57 Å². The Kier molecular flexibility index (Phi) is 3.54. The summed E-state index contributed by atoms with van der Waals surface area (Å²) in [6, 6.07) is 6.08. The first-order valence-electron chi connectivity index (χ1n) is 7.47. The molecular weight excluding hydrogens is 459 g/mol. The summed E-state index contributed by atoms with van der Waals surface area (Å²) < 4.78 is 28.5. The number of sulfonamides is 1. The standard InChI is InChI=1S/C15H13IN4O4S/c1-25(23,24)18-7-10-5-12(18)13-14(21)20(15(22)19(10)13)9-3-2-8(6-17)11(16)4-9/h2-4,10,12,21H,5,7H2,1H3/t10-,12-/m0/s1. The van der Waals surface area contributed by atoms with Crippen LogP contribution in [0.4, 0.5) is 0 Å². The zero-order chi connectivity index (χ0) is 18.1. The average Bonchev–Trinajstić information content (AvgIpc) is 3.18. The largest absolute Gasteiger partial charge is 0.493 e. The van der Waals surface area contributed by atoms with Crippen molar-refractivity contribution in [2.24, 2.45) is 0 Å². The molecule has 1 N–H and O–H groups in total. The van der Waals surface area contributed by atoms with Crippen molar-refractivity contribution < 1.29 is 13.5 Å². The molecule has 3 heterocycles. The van der Waals surface area contributed by atoms with Gasteiger partial charge in [0.1, 0.15) is 11.8 Å². The summed E-state index contributed by atoms with van der Waals surface area (Å²) in [4.78, 5) is 12.8. The first-order valence-corrected chi connectivity index (χ1v) is 10.4. The first-order chi connectivity index (χ1) is 11.7. The van der Waals surface area contributed by atoms with Crippen LogP contribution < -0.4 is 5.69 Å². The highest BCUT2D eigenvalue weighted by atomic mass is 127. The predicted molar refractivity (Wildman–Crippen MR) is 97.1 cm³/mol. The van der Waals surface area contributed by atoms with E-state index < -0.39 is 21.8 Å². The van der Waals surface area contributed by atoms with Gasteiger partial charge in [-0.15, -0.1) is 0 Å². The molecule has 0 aliphatic carbocycles. The van der Waals surface area contributed by atoms with E-state index in [1.807, 2.05) is 22.6 Å². The fraction of sp³-hybridized carbons (Fsp3) is 0.333. The van der Waals surface area contributed by atoms with E-state index in [4.69, 9.17) is 5.26 Å². The Hall–Kier alpha value is -1.84. The lowest BCUT2D eigenvalue weighted by Crippen LogP contribution is -2.37. The molecule has 2 aromatic rings. The van der Waals surface area contributed by atoms with Crippen LogP contribution in [0.3, 0.4) is 0 Å². The third kappa shape index (κ3) is 2.26. The maximum absolute atomic E-state index is 12.8. The van der Waals surface area contributed by atoms with Gasteiger partial charge in [0.05, 0.1) is 29.6 Å². The topological polar surface area (TPSA) is 108 Å². The molecular formula is C15H13IN4O4S. The molecule has 0 spiro atoms. The van der Waals surface area contributed by atoms with Gasteiger partial charge in [0, 0.05) is 10.1 Å². The van der Waals surface area contributed by atoms with Crippen LogP contribution in [0.5, 0.6) is 5.88 Å². The van der Waals surface area contributed by atoms with Gasteiger partial charge in [-0.05, 0) is 47.2 Å². The molecule has 130 valence electrons. The number of imidazole rings is 1. The van der Waals surface area contributed by atoms with E-state index in [1.54, 1.807) is 18.2 Å². The molecule has 1 aromatic carbocycles. The summed E-state index contributed by atoms with van der Waals surface area (Å²) >= 11 is 2.00. The van der Waals surface area contributed by atoms with Crippen LogP contribution in [0.15, 0.2) is 23.0 Å². The monoisotopic (exact) mass is 472 g/mol. The second kappa shape index (κ2) is 5.33. The molecule has 2 atom stereocenters. The number of rotatable bonds is 2. The fourth-order valence-electron chi connectivity index (χ4n) is 3.74. The van der Waals surface area contributed by atoms with E-state index in [2.05, 4.69) is 6.07 Å². The number of hydrogen-bond acceptors (Lipinski definition) is 5. The number of benzene rings is 1. The van der Waals surface area contributed by atoms with Crippen molar-refractivity contribution >= 4 is 32.6 Å². The fourth-order valence-corrected chi connectivity index (χ4v) is 5.45. The number of fused-ring (bicyclic) bond motifs is 5. The van der Waals surface area contributed by atoms with Crippen LogP contribution in [0.2, 0.25) is 0 Å². The minimum absolute atomic E-state index is 0.241. The number of aromatic hydroxyl groups is 1. The molecule has 0 radical (unpaired) electrons. The lowest BCUT2D eigenvalue weighted by Gasteiger charge is -2.25. The molecule has 1 saturated heterocycles. The lowest BCUT2D eigenvalue weighted by molar-refractivity contribution is 0.344. The molecule has 0 unspecified atom stereocenters. The van der Waals surface area contributed by atoms with E-state index in [0.29, 0.717) is 26.9 Å². The minimum Gasteiger partial charge on any atom is -0.493 e. The highest BCUT2D eigenvalue weighted by Gasteiger charge is 2.50. The summed E-state index contributed by atoms with van der Waals surface area (Å²) in [6.07, 6.45) is 1.63. The average molecular weight is 472 g/mol. The highest BCUT2D eigenvalue weighted by Crippen LogP contribution is 2.49. The molecule has 1 fully saturated rings. The molecule has 25 heavy (non-hydrogen) atoms. The summed E-state index contributed by atoms with van der Waals surface area (Å²) in [6.45, 7) is 0.241. The quantitative estimate of drug-likeness (QED) is 0.659. The van der Waals surface area contributed by atoms with Crippen LogP contribution in [-0.4, -0.2) is 39.8 Å². The van der Waals surface area contributed by atoms with Crippen LogP contribution in [-0.2, 0) is 10.0 Å². The van der Waals surface area contributed by atoms with Gasteiger partial charge >= 0.3 is 5.69 Å². The van der Waals surface area contributed by atoms with Crippen molar-refractivity contribution in [1.82, 2.24) is 13.4 Å². The Bertz CT molecular complexity index is 1110. The Morgan fingerprint density at radius 2 is 2.12 bits per heavy atom. The number of nitriles is 1. The van der Waals surface area contributed by atoms with Crippen LogP contribution in [0.1, 0.15) is 29.8 Å². The van der Waals surface area contributed by atoms with Gasteiger partial charge in [-0.25, -0.2) is 17.8 Å². The third-order valence-electron chi connectivity index (χ3n) is 4.77. The predicted octanol–water partition coefficient (Wildman–Crippen LogP) is 1.08. The van der Waals surface area contributed by atoms with Crippen LogP contribution in [0.25, 0.3) is 5.69 Å². The van der Waals surface area contributed by atoms with Crippen molar-refractivity contribution in [3.05, 3.63) is 43.5 Å². The highest BCUT2D eigenvalue weighted by molar-refractivity contribution is 14.1. The Labute approximate surface area is 157 Å². The van der Waals surface area contributed by atoms with Crippen molar-refractivity contribution in [2.75, 3.05) is 12.8 Å². The number of halogens is 1. The molecule has 0 amide bonds. The molecule has 10 heteroatoms. The zero-order valence-corrected chi connectivity index (χ0v) is 16.0. The van der Waals surface area contributed by atoms with Crippen molar-refractivity contribution in [3.63, 3.8) is 0 Å². The molecule has 8 nitrogen and oxygen atoms in total. The van der Waals surface area contributed by atoms with Crippen molar-refractivity contribution in [2.45, 2.75) is 18.5 Å². The summed E-state index contributed by atoms with van der Waals surface area (Å²) in [7, 11) is -3.42. The van der Waals surface area contributed by atoms with Gasteiger partial charge in [0.2, 0.25) is 15.9 Å². The Morgan fingerprint density at radius 3 is 2.72 bits per heavy atom. The van der Waals surface area contributed by atoms with Crippen molar-refractivity contribution in [3.8, 4) is 17.6 Å². The molecule has 0 saturated carbocycles. The Balaban J connectivity index is 1.90. The third-order valence-corrected chi connectivity index (χ3v) is 6.92. The summed E-state index contributed by atoms with van der Waals surface area (Å²) in [5.41, 5.74) is 0.866. The minimum atomic E-state index is -3.42. The van der Waals surface area contributed by atoms with Gasteiger partial charge in [0.25, 0.3) is 0 Å².